The monoisotopic (exact) mass is 322 g/mol. The van der Waals surface area contributed by atoms with Gasteiger partial charge in [-0.3, -0.25) is 24.3 Å². The van der Waals surface area contributed by atoms with E-state index in [2.05, 4.69) is 0 Å². The van der Waals surface area contributed by atoms with Crippen molar-refractivity contribution >= 4 is 28.8 Å². The molecule has 1 aromatic heterocycles. The second kappa shape index (κ2) is 5.73. The average Bonchev–Trinajstić information content (AvgIpc) is 2.85. The molecule has 6 nitrogen and oxygen atoms in total. The predicted octanol–water partition coefficient (Wildman–Crippen LogP) is 3.67. The maximum atomic E-state index is 12.9. The Morgan fingerprint density at radius 1 is 1.17 bits per heavy atom. The molecule has 0 fully saturated rings. The van der Waals surface area contributed by atoms with Gasteiger partial charge < -0.3 is 0 Å². The summed E-state index contributed by atoms with van der Waals surface area (Å²) in [7, 11) is 0. The highest BCUT2D eigenvalue weighted by Crippen LogP contribution is 2.27. The van der Waals surface area contributed by atoms with Crippen molar-refractivity contribution in [3.63, 3.8) is 0 Å². The number of rotatable bonds is 3. The zero-order valence-electron chi connectivity index (χ0n) is 13.1. The number of para-hydroxylation sites is 1. The molecule has 0 N–H and O–H groups in total. The van der Waals surface area contributed by atoms with Gasteiger partial charge in [-0.1, -0.05) is 24.3 Å². The molecule has 0 amide bonds. The number of benzene rings is 2. The normalized spacial score (nSPS) is 10.8. The topological polar surface area (TPSA) is 82.2 Å². The van der Waals surface area contributed by atoms with Crippen LogP contribution in [-0.4, -0.2) is 21.7 Å². The van der Waals surface area contributed by atoms with E-state index in [0.29, 0.717) is 27.7 Å². The highest BCUT2D eigenvalue weighted by Gasteiger charge is 2.21. The molecular formula is C18H14N2O4. The van der Waals surface area contributed by atoms with Crippen LogP contribution in [0, 0.1) is 24.0 Å². The Morgan fingerprint density at radius 2 is 1.88 bits per heavy atom. The van der Waals surface area contributed by atoms with E-state index < -0.39 is 10.8 Å². The third-order valence-electron chi connectivity index (χ3n) is 4.13. The van der Waals surface area contributed by atoms with Gasteiger partial charge in [-0.15, -0.1) is 0 Å². The van der Waals surface area contributed by atoms with Crippen LogP contribution < -0.4 is 0 Å². The van der Waals surface area contributed by atoms with Crippen molar-refractivity contribution in [3.05, 3.63) is 75.0 Å². The summed E-state index contributed by atoms with van der Waals surface area (Å²) in [5.74, 6) is -0.403. The largest absolute Gasteiger partial charge is 0.298 e. The van der Waals surface area contributed by atoms with Gasteiger partial charge in [0, 0.05) is 33.8 Å². The first-order valence-electron chi connectivity index (χ1n) is 7.30. The molecule has 0 spiro atoms. The van der Waals surface area contributed by atoms with Crippen molar-refractivity contribution in [2.75, 3.05) is 0 Å². The Hall–Kier alpha value is -3.28. The van der Waals surface area contributed by atoms with Crippen LogP contribution in [-0.2, 0) is 0 Å². The van der Waals surface area contributed by atoms with E-state index in [0.717, 1.165) is 6.29 Å². The van der Waals surface area contributed by atoms with Crippen molar-refractivity contribution in [1.29, 1.82) is 0 Å². The van der Waals surface area contributed by atoms with Gasteiger partial charge in [0.05, 0.1) is 10.4 Å². The Labute approximate surface area is 137 Å². The Balaban J connectivity index is 2.23. The van der Waals surface area contributed by atoms with E-state index in [1.807, 2.05) is 0 Å². The summed E-state index contributed by atoms with van der Waals surface area (Å²) in [4.78, 5) is 34.9. The number of hydrogen-bond acceptors (Lipinski definition) is 4. The number of nitro benzene ring substituents is 1. The van der Waals surface area contributed by atoms with Gasteiger partial charge in [-0.2, -0.15) is 0 Å². The molecule has 0 saturated heterocycles. The summed E-state index contributed by atoms with van der Waals surface area (Å²) in [6.45, 7) is 3.30. The fourth-order valence-corrected chi connectivity index (χ4v) is 2.87. The van der Waals surface area contributed by atoms with E-state index in [9.17, 15) is 19.7 Å². The van der Waals surface area contributed by atoms with Gasteiger partial charge in [-0.25, -0.2) is 0 Å². The molecule has 6 heteroatoms. The zero-order valence-corrected chi connectivity index (χ0v) is 13.1. The molecule has 0 unspecified atom stereocenters. The molecule has 24 heavy (non-hydrogen) atoms. The second-order valence-corrected chi connectivity index (χ2v) is 5.53. The molecule has 120 valence electrons. The fraction of sp³-hybridized carbons (Fsp3) is 0.111. The van der Waals surface area contributed by atoms with Gasteiger partial charge in [-0.05, 0) is 26.0 Å². The Bertz CT molecular complexity index is 1000. The molecule has 0 radical (unpaired) electrons. The van der Waals surface area contributed by atoms with Gasteiger partial charge >= 0.3 is 0 Å². The van der Waals surface area contributed by atoms with Gasteiger partial charge in [0.1, 0.15) is 0 Å². The van der Waals surface area contributed by atoms with Crippen molar-refractivity contribution in [2.24, 2.45) is 0 Å². The SMILES string of the molecule is Cc1ccc(C(=O)n2c(C)c(C=O)c3ccccc32)cc1[N+](=O)[O-]. The Kier molecular flexibility index (Phi) is 3.73. The maximum Gasteiger partial charge on any atom is 0.273 e. The van der Waals surface area contributed by atoms with E-state index in [-0.39, 0.29) is 11.3 Å². The Morgan fingerprint density at radius 3 is 2.54 bits per heavy atom. The summed E-state index contributed by atoms with van der Waals surface area (Å²) in [5.41, 5.74) is 2.14. The first-order valence-corrected chi connectivity index (χ1v) is 7.30. The molecule has 3 aromatic rings. The number of aldehydes is 1. The molecule has 0 saturated carbocycles. The summed E-state index contributed by atoms with van der Waals surface area (Å²) >= 11 is 0. The molecule has 0 atom stereocenters. The minimum Gasteiger partial charge on any atom is -0.298 e. The highest BCUT2D eigenvalue weighted by atomic mass is 16.6. The number of hydrogen-bond donors (Lipinski definition) is 0. The van der Waals surface area contributed by atoms with Gasteiger partial charge in [0.15, 0.2) is 6.29 Å². The smallest absolute Gasteiger partial charge is 0.273 e. The maximum absolute atomic E-state index is 12.9. The molecule has 2 aromatic carbocycles. The third kappa shape index (κ3) is 2.28. The molecule has 0 aliphatic rings. The lowest BCUT2D eigenvalue weighted by Crippen LogP contribution is -2.14. The number of aromatic nitrogens is 1. The molecule has 3 rings (SSSR count). The van der Waals surface area contributed by atoms with Crippen LogP contribution in [0.3, 0.4) is 0 Å². The van der Waals surface area contributed by atoms with Crippen molar-refractivity contribution in [3.8, 4) is 0 Å². The van der Waals surface area contributed by atoms with E-state index >= 15 is 0 Å². The summed E-state index contributed by atoms with van der Waals surface area (Å²) < 4.78 is 1.42. The average molecular weight is 322 g/mol. The summed E-state index contributed by atoms with van der Waals surface area (Å²) in [5, 5.41) is 11.8. The van der Waals surface area contributed by atoms with Crippen LogP contribution in [0.5, 0.6) is 0 Å². The van der Waals surface area contributed by atoms with E-state index in [1.54, 1.807) is 50.2 Å². The fourth-order valence-electron chi connectivity index (χ4n) is 2.87. The quantitative estimate of drug-likeness (QED) is 0.418. The molecule has 0 aliphatic heterocycles. The number of fused-ring (bicyclic) bond motifs is 1. The van der Waals surface area contributed by atoms with Gasteiger partial charge in [0.2, 0.25) is 0 Å². The minimum atomic E-state index is -0.510. The second-order valence-electron chi connectivity index (χ2n) is 5.53. The number of carbonyl (C=O) groups is 2. The molecule has 0 aliphatic carbocycles. The first kappa shape index (κ1) is 15.6. The number of carbonyl (C=O) groups excluding carboxylic acids is 2. The van der Waals surface area contributed by atoms with Crippen molar-refractivity contribution in [2.45, 2.75) is 13.8 Å². The number of aryl methyl sites for hydroxylation is 1. The van der Waals surface area contributed by atoms with Crippen LogP contribution in [0.4, 0.5) is 5.69 Å². The van der Waals surface area contributed by atoms with Crippen LogP contribution in [0.25, 0.3) is 10.9 Å². The van der Waals surface area contributed by atoms with Crippen molar-refractivity contribution < 1.29 is 14.5 Å². The number of nitrogens with zero attached hydrogens (tertiary/aromatic N) is 2. The van der Waals surface area contributed by atoms with E-state index in [1.165, 1.54) is 10.6 Å². The van der Waals surface area contributed by atoms with Crippen molar-refractivity contribution in [1.82, 2.24) is 4.57 Å². The lowest BCUT2D eigenvalue weighted by atomic mass is 10.1. The van der Waals surface area contributed by atoms with Crippen LogP contribution in [0.15, 0.2) is 42.5 Å². The van der Waals surface area contributed by atoms with Crippen LogP contribution in [0.2, 0.25) is 0 Å². The minimum absolute atomic E-state index is 0.106. The highest BCUT2D eigenvalue weighted by molar-refractivity contribution is 6.08. The first-order chi connectivity index (χ1) is 11.5. The molecular weight excluding hydrogens is 308 g/mol. The summed E-state index contributed by atoms with van der Waals surface area (Å²) in [6, 6.07) is 11.5. The van der Waals surface area contributed by atoms with E-state index in [4.69, 9.17) is 0 Å². The van der Waals surface area contributed by atoms with Crippen LogP contribution in [0.1, 0.15) is 32.0 Å². The predicted molar refractivity (Wildman–Crippen MR) is 89.6 cm³/mol. The third-order valence-corrected chi connectivity index (χ3v) is 4.13. The molecule has 1 heterocycles. The lowest BCUT2D eigenvalue weighted by Gasteiger charge is -2.08. The van der Waals surface area contributed by atoms with Crippen LogP contribution >= 0.6 is 0 Å². The molecule has 0 bridgehead atoms. The zero-order chi connectivity index (χ0) is 17.4. The summed E-state index contributed by atoms with van der Waals surface area (Å²) in [6.07, 6.45) is 0.721. The standard InChI is InChI=1S/C18H14N2O4/c1-11-7-8-13(9-17(11)20(23)24)18(22)19-12(2)15(10-21)14-5-3-4-6-16(14)19/h3-10H,1-2H3. The number of nitro groups is 1. The van der Waals surface area contributed by atoms with Gasteiger partial charge in [0.25, 0.3) is 11.6 Å². The lowest BCUT2D eigenvalue weighted by molar-refractivity contribution is -0.385.